The summed E-state index contributed by atoms with van der Waals surface area (Å²) < 4.78 is 10.3. The number of esters is 1. The van der Waals surface area contributed by atoms with Gasteiger partial charge in [0.2, 0.25) is 5.91 Å². The van der Waals surface area contributed by atoms with Crippen molar-refractivity contribution in [2.24, 2.45) is 5.10 Å². The van der Waals surface area contributed by atoms with Crippen molar-refractivity contribution in [1.82, 2.24) is 5.43 Å². The van der Waals surface area contributed by atoms with Crippen LogP contribution < -0.4 is 15.1 Å². The van der Waals surface area contributed by atoms with Gasteiger partial charge in [-0.05, 0) is 38.1 Å². The van der Waals surface area contributed by atoms with Crippen LogP contribution in [0.15, 0.2) is 29.4 Å². The lowest BCUT2D eigenvalue weighted by molar-refractivity contribution is -0.135. The SMILES string of the molecule is CCOC(=O)C1=NN[C@@]2(CC(=O)N(c3ccc(OCC)cc3)C2=O)C1. The standard InChI is InChI=1S/C17H19N3O5/c1-3-24-12-7-5-11(6-8-12)20-14(21)10-17(16(20)23)9-13(18-19-17)15(22)25-4-2/h5-8,19H,3-4,9-10H2,1-2H3/t17-/m1/s1. The highest BCUT2D eigenvalue weighted by Gasteiger charge is 2.56. The van der Waals surface area contributed by atoms with E-state index in [9.17, 15) is 14.4 Å². The fourth-order valence-electron chi connectivity index (χ4n) is 2.96. The molecule has 3 rings (SSSR count). The average molecular weight is 345 g/mol. The fraction of sp³-hybridized carbons (Fsp3) is 0.412. The van der Waals surface area contributed by atoms with Crippen molar-refractivity contribution in [3.8, 4) is 5.75 Å². The molecule has 0 aromatic heterocycles. The monoisotopic (exact) mass is 345 g/mol. The van der Waals surface area contributed by atoms with Crippen molar-refractivity contribution in [2.75, 3.05) is 18.1 Å². The van der Waals surface area contributed by atoms with E-state index in [1.165, 1.54) is 0 Å². The van der Waals surface area contributed by atoms with Crippen LogP contribution in [0.25, 0.3) is 0 Å². The minimum Gasteiger partial charge on any atom is -0.494 e. The van der Waals surface area contributed by atoms with E-state index < -0.39 is 17.4 Å². The van der Waals surface area contributed by atoms with Crippen molar-refractivity contribution in [2.45, 2.75) is 32.2 Å². The fourth-order valence-corrected chi connectivity index (χ4v) is 2.96. The van der Waals surface area contributed by atoms with Crippen LogP contribution >= 0.6 is 0 Å². The summed E-state index contributed by atoms with van der Waals surface area (Å²) in [5, 5.41) is 3.91. The number of carbonyl (C=O) groups excluding carboxylic acids is 3. The number of nitrogens with zero attached hydrogens (tertiary/aromatic N) is 2. The van der Waals surface area contributed by atoms with E-state index in [4.69, 9.17) is 9.47 Å². The maximum Gasteiger partial charge on any atom is 0.354 e. The second-order valence-electron chi connectivity index (χ2n) is 5.79. The molecule has 0 radical (unpaired) electrons. The Morgan fingerprint density at radius 1 is 1.20 bits per heavy atom. The van der Waals surface area contributed by atoms with E-state index in [0.717, 1.165) is 4.90 Å². The summed E-state index contributed by atoms with van der Waals surface area (Å²) in [6.07, 6.45) is -0.0324. The summed E-state index contributed by atoms with van der Waals surface area (Å²) in [5.74, 6) is -0.690. The van der Waals surface area contributed by atoms with Crippen molar-refractivity contribution in [1.29, 1.82) is 0 Å². The molecule has 1 spiro atoms. The Balaban J connectivity index is 1.78. The average Bonchev–Trinajstić information content (AvgIpc) is 3.12. The summed E-state index contributed by atoms with van der Waals surface area (Å²) in [7, 11) is 0. The van der Waals surface area contributed by atoms with E-state index >= 15 is 0 Å². The Labute approximate surface area is 144 Å². The van der Waals surface area contributed by atoms with Crippen LogP contribution in [0.1, 0.15) is 26.7 Å². The van der Waals surface area contributed by atoms with Gasteiger partial charge in [0.1, 0.15) is 17.0 Å². The number of hydrogen-bond donors (Lipinski definition) is 1. The zero-order chi connectivity index (χ0) is 18.0. The number of anilines is 1. The third-order valence-corrected chi connectivity index (χ3v) is 4.11. The van der Waals surface area contributed by atoms with E-state index in [1.54, 1.807) is 31.2 Å². The summed E-state index contributed by atoms with van der Waals surface area (Å²) in [4.78, 5) is 38.2. The largest absolute Gasteiger partial charge is 0.494 e. The quantitative estimate of drug-likeness (QED) is 0.632. The second kappa shape index (κ2) is 6.54. The van der Waals surface area contributed by atoms with Crippen LogP contribution in [-0.4, -0.2) is 42.2 Å². The summed E-state index contributed by atoms with van der Waals surface area (Å²) in [6, 6.07) is 6.71. The Hall–Kier alpha value is -2.90. The molecular formula is C17H19N3O5. The molecule has 0 aliphatic carbocycles. The molecule has 132 valence electrons. The molecule has 1 saturated heterocycles. The van der Waals surface area contributed by atoms with Crippen LogP contribution in [0, 0.1) is 0 Å². The molecule has 8 heteroatoms. The summed E-state index contributed by atoms with van der Waals surface area (Å²) >= 11 is 0. The number of ether oxygens (including phenoxy) is 2. The highest BCUT2D eigenvalue weighted by Crippen LogP contribution is 2.35. The van der Waals surface area contributed by atoms with Crippen LogP contribution in [-0.2, 0) is 19.1 Å². The Morgan fingerprint density at radius 3 is 2.56 bits per heavy atom. The minimum absolute atomic E-state index is 0.0317. The smallest absolute Gasteiger partial charge is 0.354 e. The number of benzene rings is 1. The number of imide groups is 1. The Morgan fingerprint density at radius 2 is 1.92 bits per heavy atom. The predicted molar refractivity (Wildman–Crippen MR) is 89.3 cm³/mol. The topological polar surface area (TPSA) is 97.3 Å². The lowest BCUT2D eigenvalue weighted by atomic mass is 9.93. The molecule has 1 atom stereocenters. The van der Waals surface area contributed by atoms with Crippen molar-refractivity contribution < 1.29 is 23.9 Å². The maximum atomic E-state index is 12.9. The number of carbonyl (C=O) groups is 3. The van der Waals surface area contributed by atoms with Gasteiger partial charge >= 0.3 is 5.97 Å². The van der Waals surface area contributed by atoms with E-state index in [0.29, 0.717) is 18.0 Å². The molecular weight excluding hydrogens is 326 g/mol. The Bertz CT molecular complexity index is 743. The zero-order valence-corrected chi connectivity index (χ0v) is 14.1. The van der Waals surface area contributed by atoms with Crippen LogP contribution in [0.2, 0.25) is 0 Å². The first kappa shape index (κ1) is 16.9. The summed E-state index contributed by atoms with van der Waals surface area (Å²) in [6.45, 7) is 4.31. The van der Waals surface area contributed by atoms with Crippen LogP contribution in [0.3, 0.4) is 0 Å². The number of hydrogen-bond acceptors (Lipinski definition) is 7. The lowest BCUT2D eigenvalue weighted by Gasteiger charge is -2.21. The van der Waals surface area contributed by atoms with Crippen molar-refractivity contribution in [3.05, 3.63) is 24.3 Å². The van der Waals surface area contributed by atoms with Gasteiger partial charge < -0.3 is 9.47 Å². The Kier molecular flexibility index (Phi) is 4.43. The van der Waals surface area contributed by atoms with E-state index in [2.05, 4.69) is 10.5 Å². The van der Waals surface area contributed by atoms with Crippen molar-refractivity contribution >= 4 is 29.2 Å². The van der Waals surface area contributed by atoms with Gasteiger partial charge in [-0.1, -0.05) is 0 Å². The molecule has 2 aliphatic heterocycles. The van der Waals surface area contributed by atoms with E-state index in [-0.39, 0.29) is 31.1 Å². The van der Waals surface area contributed by atoms with Gasteiger partial charge in [-0.15, -0.1) is 0 Å². The highest BCUT2D eigenvalue weighted by molar-refractivity contribution is 6.39. The third kappa shape index (κ3) is 2.95. The van der Waals surface area contributed by atoms with Gasteiger partial charge in [0.05, 0.1) is 25.3 Å². The highest BCUT2D eigenvalue weighted by atomic mass is 16.5. The van der Waals surface area contributed by atoms with E-state index in [1.807, 2.05) is 6.92 Å². The number of rotatable bonds is 5. The number of hydrazone groups is 1. The zero-order valence-electron chi connectivity index (χ0n) is 14.1. The molecule has 0 saturated carbocycles. The number of amides is 2. The molecule has 2 aliphatic rings. The minimum atomic E-state index is -1.21. The molecule has 0 unspecified atom stereocenters. The molecule has 1 aromatic carbocycles. The van der Waals surface area contributed by atoms with Gasteiger partial charge in [0.15, 0.2) is 0 Å². The molecule has 25 heavy (non-hydrogen) atoms. The summed E-state index contributed by atoms with van der Waals surface area (Å²) in [5.41, 5.74) is 2.05. The van der Waals surface area contributed by atoms with Crippen LogP contribution in [0.5, 0.6) is 5.75 Å². The molecule has 2 amide bonds. The molecule has 1 aromatic rings. The predicted octanol–water partition coefficient (Wildman–Crippen LogP) is 1.000. The normalized spacial score (nSPS) is 22.2. The van der Waals surface area contributed by atoms with Gasteiger partial charge in [-0.25, -0.2) is 9.69 Å². The maximum absolute atomic E-state index is 12.9. The van der Waals surface area contributed by atoms with Gasteiger partial charge in [0, 0.05) is 6.42 Å². The van der Waals surface area contributed by atoms with Gasteiger partial charge in [-0.2, -0.15) is 5.10 Å². The molecule has 1 N–H and O–H groups in total. The van der Waals surface area contributed by atoms with Crippen molar-refractivity contribution in [3.63, 3.8) is 0 Å². The first-order chi connectivity index (χ1) is 12.0. The number of nitrogens with one attached hydrogen (secondary N) is 1. The van der Waals surface area contributed by atoms with Crippen LogP contribution in [0.4, 0.5) is 5.69 Å². The first-order valence-electron chi connectivity index (χ1n) is 8.12. The van der Waals surface area contributed by atoms with Gasteiger partial charge in [0.25, 0.3) is 5.91 Å². The molecule has 8 nitrogen and oxygen atoms in total. The molecule has 1 fully saturated rings. The molecule has 2 heterocycles. The third-order valence-electron chi connectivity index (χ3n) is 4.11. The first-order valence-corrected chi connectivity index (χ1v) is 8.12. The second-order valence-corrected chi connectivity index (χ2v) is 5.79. The molecule has 0 bridgehead atoms. The van der Waals surface area contributed by atoms with Gasteiger partial charge in [-0.3, -0.25) is 15.0 Å². The lowest BCUT2D eigenvalue weighted by Crippen LogP contribution is -2.47.